The highest BCUT2D eigenvalue weighted by molar-refractivity contribution is 5.29. The Labute approximate surface area is 124 Å². The van der Waals surface area contributed by atoms with Crippen molar-refractivity contribution in [2.75, 3.05) is 6.54 Å². The first-order valence-electron chi connectivity index (χ1n) is 7.03. The maximum atomic E-state index is 13.9. The molecule has 0 aliphatic carbocycles. The first-order chi connectivity index (χ1) is 10.1. The van der Waals surface area contributed by atoms with Crippen LogP contribution in [0.3, 0.4) is 0 Å². The molecular formula is C16H20FN3O. The van der Waals surface area contributed by atoms with Gasteiger partial charge in [0.15, 0.2) is 17.4 Å². The number of ether oxygens (including phenoxy) is 1. The molecule has 4 nitrogen and oxygen atoms in total. The molecule has 0 saturated heterocycles. The Morgan fingerprint density at radius 2 is 2.00 bits per heavy atom. The number of rotatable bonds is 7. The average Bonchev–Trinajstić information content (AvgIpc) is 2.47. The summed E-state index contributed by atoms with van der Waals surface area (Å²) >= 11 is 0. The number of halogens is 1. The van der Waals surface area contributed by atoms with Crippen molar-refractivity contribution in [3.05, 3.63) is 53.9 Å². The second-order valence-corrected chi connectivity index (χ2v) is 5.24. The van der Waals surface area contributed by atoms with Gasteiger partial charge in [-0.05, 0) is 36.2 Å². The lowest BCUT2D eigenvalue weighted by Gasteiger charge is -2.10. The van der Waals surface area contributed by atoms with E-state index in [4.69, 9.17) is 4.74 Å². The Bertz CT molecular complexity index is 561. The Morgan fingerprint density at radius 1 is 1.24 bits per heavy atom. The minimum absolute atomic E-state index is 0.155. The molecule has 1 aromatic carbocycles. The largest absolute Gasteiger partial charge is 0.483 e. The van der Waals surface area contributed by atoms with Gasteiger partial charge < -0.3 is 10.1 Å². The summed E-state index contributed by atoms with van der Waals surface area (Å²) in [5, 5.41) is 3.28. The number of nitrogens with one attached hydrogen (secondary N) is 1. The summed E-state index contributed by atoms with van der Waals surface area (Å²) in [5.74, 6) is 0.952. The summed E-state index contributed by atoms with van der Waals surface area (Å²) < 4.78 is 19.3. The normalized spacial score (nSPS) is 10.9. The highest BCUT2D eigenvalue weighted by atomic mass is 19.1. The molecule has 1 heterocycles. The summed E-state index contributed by atoms with van der Waals surface area (Å²) in [6, 6.07) is 6.72. The van der Waals surface area contributed by atoms with Crippen LogP contribution in [0.15, 0.2) is 36.7 Å². The predicted octanol–water partition coefficient (Wildman–Crippen LogP) is 2.94. The number of aromatic nitrogens is 2. The number of hydrogen-bond donors (Lipinski definition) is 1. The molecule has 0 unspecified atom stereocenters. The molecule has 0 radical (unpaired) electrons. The smallest absolute Gasteiger partial charge is 0.166 e. The highest BCUT2D eigenvalue weighted by Crippen LogP contribution is 2.19. The van der Waals surface area contributed by atoms with Gasteiger partial charge in [-0.2, -0.15) is 0 Å². The molecule has 0 saturated carbocycles. The maximum absolute atomic E-state index is 13.9. The van der Waals surface area contributed by atoms with E-state index in [1.54, 1.807) is 24.5 Å². The molecule has 0 aliphatic heterocycles. The molecule has 0 bridgehead atoms. The molecular weight excluding hydrogens is 269 g/mol. The van der Waals surface area contributed by atoms with E-state index in [1.165, 1.54) is 6.07 Å². The van der Waals surface area contributed by atoms with Crippen LogP contribution in [-0.4, -0.2) is 16.5 Å². The lowest BCUT2D eigenvalue weighted by Crippen LogP contribution is -2.19. The van der Waals surface area contributed by atoms with Crippen LogP contribution in [0.1, 0.15) is 25.2 Å². The molecule has 0 atom stereocenters. The van der Waals surface area contributed by atoms with Crippen molar-refractivity contribution >= 4 is 0 Å². The van der Waals surface area contributed by atoms with Crippen molar-refractivity contribution in [1.82, 2.24) is 15.3 Å². The number of benzene rings is 1. The first-order valence-corrected chi connectivity index (χ1v) is 7.03. The molecule has 0 spiro atoms. The maximum Gasteiger partial charge on any atom is 0.166 e. The van der Waals surface area contributed by atoms with Crippen LogP contribution in [0, 0.1) is 11.7 Å². The van der Waals surface area contributed by atoms with E-state index in [1.807, 2.05) is 6.07 Å². The summed E-state index contributed by atoms with van der Waals surface area (Å²) in [6.07, 6.45) is 3.26. The van der Waals surface area contributed by atoms with Gasteiger partial charge in [0.1, 0.15) is 6.61 Å². The van der Waals surface area contributed by atoms with Crippen LogP contribution < -0.4 is 10.1 Å². The van der Waals surface area contributed by atoms with Gasteiger partial charge in [0.25, 0.3) is 0 Å². The molecule has 0 aliphatic rings. The third kappa shape index (κ3) is 5.11. The SMILES string of the molecule is CC(C)CNCc1ccc(OCc2ncccn2)c(F)c1. The van der Waals surface area contributed by atoms with Crippen LogP contribution >= 0.6 is 0 Å². The second kappa shape index (κ2) is 7.69. The minimum Gasteiger partial charge on any atom is -0.483 e. The van der Waals surface area contributed by atoms with E-state index >= 15 is 0 Å². The van der Waals surface area contributed by atoms with Crippen molar-refractivity contribution in [2.24, 2.45) is 5.92 Å². The van der Waals surface area contributed by atoms with Gasteiger partial charge in [0, 0.05) is 18.9 Å². The zero-order valence-corrected chi connectivity index (χ0v) is 12.3. The zero-order valence-electron chi connectivity index (χ0n) is 12.3. The average molecular weight is 289 g/mol. The molecule has 0 amide bonds. The van der Waals surface area contributed by atoms with Gasteiger partial charge in [-0.15, -0.1) is 0 Å². The van der Waals surface area contributed by atoms with Crippen molar-refractivity contribution in [3.8, 4) is 5.75 Å². The monoisotopic (exact) mass is 289 g/mol. The lowest BCUT2D eigenvalue weighted by molar-refractivity contribution is 0.280. The Hall–Kier alpha value is -2.01. The number of nitrogens with zero attached hydrogens (tertiary/aromatic N) is 2. The predicted molar refractivity (Wildman–Crippen MR) is 79.3 cm³/mol. The van der Waals surface area contributed by atoms with Crippen molar-refractivity contribution < 1.29 is 9.13 Å². The van der Waals surface area contributed by atoms with E-state index in [0.717, 1.165) is 12.1 Å². The molecule has 1 aromatic heterocycles. The van der Waals surface area contributed by atoms with Crippen molar-refractivity contribution in [2.45, 2.75) is 27.0 Å². The van der Waals surface area contributed by atoms with Crippen molar-refractivity contribution in [3.63, 3.8) is 0 Å². The highest BCUT2D eigenvalue weighted by Gasteiger charge is 2.06. The topological polar surface area (TPSA) is 47.0 Å². The molecule has 2 rings (SSSR count). The van der Waals surface area contributed by atoms with Crippen LogP contribution in [-0.2, 0) is 13.2 Å². The quantitative estimate of drug-likeness (QED) is 0.851. The summed E-state index contributed by atoms with van der Waals surface area (Å²) in [5.41, 5.74) is 0.900. The Balaban J connectivity index is 1.90. The fourth-order valence-corrected chi connectivity index (χ4v) is 1.82. The molecule has 5 heteroatoms. The molecule has 112 valence electrons. The van der Waals surface area contributed by atoms with E-state index in [9.17, 15) is 4.39 Å². The summed E-state index contributed by atoms with van der Waals surface area (Å²) in [4.78, 5) is 8.06. The minimum atomic E-state index is -0.366. The van der Waals surface area contributed by atoms with Gasteiger partial charge >= 0.3 is 0 Å². The Morgan fingerprint density at radius 3 is 2.67 bits per heavy atom. The molecule has 1 N–H and O–H groups in total. The van der Waals surface area contributed by atoms with Gasteiger partial charge in [-0.3, -0.25) is 0 Å². The van der Waals surface area contributed by atoms with E-state index < -0.39 is 0 Å². The van der Waals surface area contributed by atoms with Crippen molar-refractivity contribution in [1.29, 1.82) is 0 Å². The van der Waals surface area contributed by atoms with Gasteiger partial charge in [0.2, 0.25) is 0 Å². The summed E-state index contributed by atoms with van der Waals surface area (Å²) in [7, 11) is 0. The summed E-state index contributed by atoms with van der Waals surface area (Å²) in [6.45, 7) is 5.98. The standard InChI is InChI=1S/C16H20FN3O/c1-12(2)9-18-10-13-4-5-15(14(17)8-13)21-11-16-19-6-3-7-20-16/h3-8,12,18H,9-11H2,1-2H3. The second-order valence-electron chi connectivity index (χ2n) is 5.24. The third-order valence-corrected chi connectivity index (χ3v) is 2.85. The van der Waals surface area contributed by atoms with E-state index in [0.29, 0.717) is 18.3 Å². The third-order valence-electron chi connectivity index (χ3n) is 2.85. The first kappa shape index (κ1) is 15.4. The molecule has 21 heavy (non-hydrogen) atoms. The van der Waals surface area contributed by atoms with Crippen LogP contribution in [0.2, 0.25) is 0 Å². The van der Waals surface area contributed by atoms with Crippen LogP contribution in [0.25, 0.3) is 0 Å². The fraction of sp³-hybridized carbons (Fsp3) is 0.375. The molecule has 0 fully saturated rings. The number of hydrogen-bond acceptors (Lipinski definition) is 4. The van der Waals surface area contributed by atoms with Gasteiger partial charge in [-0.25, -0.2) is 14.4 Å². The van der Waals surface area contributed by atoms with E-state index in [2.05, 4.69) is 29.1 Å². The molecule has 2 aromatic rings. The van der Waals surface area contributed by atoms with Gasteiger partial charge in [0.05, 0.1) is 0 Å². The Kier molecular flexibility index (Phi) is 5.63. The van der Waals surface area contributed by atoms with Crippen LogP contribution in [0.4, 0.5) is 4.39 Å². The van der Waals surface area contributed by atoms with E-state index in [-0.39, 0.29) is 18.2 Å². The van der Waals surface area contributed by atoms with Gasteiger partial charge in [-0.1, -0.05) is 19.9 Å². The lowest BCUT2D eigenvalue weighted by atomic mass is 10.2. The fourth-order valence-electron chi connectivity index (χ4n) is 1.82. The van der Waals surface area contributed by atoms with Crippen LogP contribution in [0.5, 0.6) is 5.75 Å². The zero-order chi connectivity index (χ0) is 15.1.